The fourth-order valence-electron chi connectivity index (χ4n) is 1.98. The van der Waals surface area contributed by atoms with Crippen molar-refractivity contribution in [1.82, 2.24) is 5.32 Å². The number of anilines is 1. The predicted octanol–water partition coefficient (Wildman–Crippen LogP) is 2.40. The Bertz CT molecular complexity index is 656. The summed E-state index contributed by atoms with van der Waals surface area (Å²) in [6.45, 7) is 9.40. The molecule has 6 nitrogen and oxygen atoms in total. The van der Waals surface area contributed by atoms with E-state index in [2.05, 4.69) is 5.32 Å². The van der Waals surface area contributed by atoms with E-state index in [0.29, 0.717) is 11.4 Å². The minimum Gasteiger partial charge on any atom is -0.491 e. The molecule has 0 aliphatic carbocycles. The van der Waals surface area contributed by atoms with Gasteiger partial charge in [-0.05, 0) is 38.8 Å². The number of benzene rings is 1. The van der Waals surface area contributed by atoms with Gasteiger partial charge in [0.15, 0.2) is 0 Å². The predicted molar refractivity (Wildman–Crippen MR) is 96.8 cm³/mol. The van der Waals surface area contributed by atoms with Gasteiger partial charge in [-0.2, -0.15) is 0 Å². The molecule has 0 radical (unpaired) electrons. The molecule has 1 amide bonds. The number of carbonyl (C=O) groups excluding carboxylic acids is 1. The Morgan fingerprint density at radius 3 is 2.33 bits per heavy atom. The van der Waals surface area contributed by atoms with E-state index < -0.39 is 10.0 Å². The van der Waals surface area contributed by atoms with Crippen molar-refractivity contribution >= 4 is 21.6 Å². The Morgan fingerprint density at radius 1 is 1.21 bits per heavy atom. The lowest BCUT2D eigenvalue weighted by Gasteiger charge is -2.24. The average molecular weight is 356 g/mol. The first-order valence-corrected chi connectivity index (χ1v) is 9.89. The van der Waals surface area contributed by atoms with Crippen LogP contribution in [0.4, 0.5) is 5.69 Å². The second-order valence-corrected chi connectivity index (χ2v) is 8.44. The van der Waals surface area contributed by atoms with E-state index in [9.17, 15) is 13.2 Å². The van der Waals surface area contributed by atoms with Gasteiger partial charge in [0, 0.05) is 12.1 Å². The standard InChI is InChI=1S/C17H28N2O4S/c1-12(2)14(5)18-17(20)11-19(24(6,21)22)15-8-7-9-16(10-15)23-13(3)4/h7-10,12-14H,11H2,1-6H3,(H,18,20). The zero-order valence-electron chi connectivity index (χ0n) is 15.2. The van der Waals surface area contributed by atoms with E-state index in [0.717, 1.165) is 10.6 Å². The van der Waals surface area contributed by atoms with Crippen molar-refractivity contribution in [3.8, 4) is 5.75 Å². The smallest absolute Gasteiger partial charge is 0.240 e. The van der Waals surface area contributed by atoms with E-state index >= 15 is 0 Å². The summed E-state index contributed by atoms with van der Waals surface area (Å²) in [6, 6.07) is 6.70. The highest BCUT2D eigenvalue weighted by molar-refractivity contribution is 7.92. The first-order chi connectivity index (χ1) is 11.0. The maximum atomic E-state index is 12.2. The summed E-state index contributed by atoms with van der Waals surface area (Å²) in [5.74, 6) is 0.493. The van der Waals surface area contributed by atoms with Crippen molar-refractivity contribution in [2.75, 3.05) is 17.1 Å². The molecule has 0 fully saturated rings. The summed E-state index contributed by atoms with van der Waals surface area (Å²) in [7, 11) is -3.60. The summed E-state index contributed by atoms with van der Waals surface area (Å²) < 4.78 is 30.9. The molecule has 0 saturated heterocycles. The van der Waals surface area contributed by atoms with Gasteiger partial charge in [-0.3, -0.25) is 9.10 Å². The molecule has 1 aromatic rings. The van der Waals surface area contributed by atoms with Crippen molar-refractivity contribution < 1.29 is 17.9 Å². The van der Waals surface area contributed by atoms with E-state index in [4.69, 9.17) is 4.74 Å². The Balaban J connectivity index is 3.01. The molecular formula is C17H28N2O4S. The third-order valence-electron chi connectivity index (χ3n) is 3.55. The molecule has 1 rings (SSSR count). The molecule has 0 aromatic heterocycles. The van der Waals surface area contributed by atoms with Gasteiger partial charge in [-0.25, -0.2) is 8.42 Å². The third-order valence-corrected chi connectivity index (χ3v) is 4.69. The molecule has 0 bridgehead atoms. The van der Waals surface area contributed by atoms with Gasteiger partial charge in [0.25, 0.3) is 0 Å². The number of amides is 1. The lowest BCUT2D eigenvalue weighted by Crippen LogP contribution is -2.44. The normalized spacial score (nSPS) is 13.0. The van der Waals surface area contributed by atoms with Gasteiger partial charge in [0.2, 0.25) is 15.9 Å². The van der Waals surface area contributed by atoms with Crippen molar-refractivity contribution in [2.24, 2.45) is 5.92 Å². The van der Waals surface area contributed by atoms with E-state index in [1.54, 1.807) is 24.3 Å². The Labute approximate surface area is 145 Å². The van der Waals surface area contributed by atoms with Crippen LogP contribution in [0.5, 0.6) is 5.75 Å². The van der Waals surface area contributed by atoms with Gasteiger partial charge >= 0.3 is 0 Å². The monoisotopic (exact) mass is 356 g/mol. The summed E-state index contributed by atoms with van der Waals surface area (Å²) in [5.41, 5.74) is 0.406. The molecule has 136 valence electrons. The summed E-state index contributed by atoms with van der Waals surface area (Å²) >= 11 is 0. The molecule has 0 saturated carbocycles. The molecule has 1 N–H and O–H groups in total. The molecule has 1 unspecified atom stereocenters. The number of nitrogens with one attached hydrogen (secondary N) is 1. The highest BCUT2D eigenvalue weighted by Crippen LogP contribution is 2.24. The van der Waals surface area contributed by atoms with Crippen LogP contribution in [0.25, 0.3) is 0 Å². The number of ether oxygens (including phenoxy) is 1. The SMILES string of the molecule is CC(C)Oc1cccc(N(CC(=O)NC(C)C(C)C)S(C)(=O)=O)c1. The van der Waals surface area contributed by atoms with E-state index in [-0.39, 0.29) is 30.5 Å². The van der Waals surface area contributed by atoms with Crippen molar-refractivity contribution in [3.05, 3.63) is 24.3 Å². The minimum absolute atomic E-state index is 0.0258. The van der Waals surface area contributed by atoms with Gasteiger partial charge in [0.05, 0.1) is 18.0 Å². The lowest BCUT2D eigenvalue weighted by molar-refractivity contribution is -0.120. The molecule has 0 spiro atoms. The number of nitrogens with zero attached hydrogens (tertiary/aromatic N) is 1. The Kier molecular flexibility index (Phi) is 7.08. The fourth-order valence-corrected chi connectivity index (χ4v) is 2.83. The molecule has 24 heavy (non-hydrogen) atoms. The minimum atomic E-state index is -3.60. The van der Waals surface area contributed by atoms with E-state index in [1.807, 2.05) is 34.6 Å². The van der Waals surface area contributed by atoms with Gasteiger partial charge in [-0.1, -0.05) is 19.9 Å². The Hall–Kier alpha value is -1.76. The second-order valence-electron chi connectivity index (χ2n) is 6.53. The summed E-state index contributed by atoms with van der Waals surface area (Å²) in [6.07, 6.45) is 1.06. The maximum Gasteiger partial charge on any atom is 0.240 e. The highest BCUT2D eigenvalue weighted by Gasteiger charge is 2.22. The molecule has 1 aromatic carbocycles. The Morgan fingerprint density at radius 2 is 1.83 bits per heavy atom. The second kappa shape index (κ2) is 8.37. The molecular weight excluding hydrogens is 328 g/mol. The fraction of sp³-hybridized carbons (Fsp3) is 0.588. The van der Waals surface area contributed by atoms with Crippen LogP contribution in [0.1, 0.15) is 34.6 Å². The van der Waals surface area contributed by atoms with Crippen LogP contribution in [0, 0.1) is 5.92 Å². The van der Waals surface area contributed by atoms with Gasteiger partial charge in [-0.15, -0.1) is 0 Å². The largest absolute Gasteiger partial charge is 0.491 e. The zero-order chi connectivity index (χ0) is 18.5. The molecule has 0 aliphatic heterocycles. The first-order valence-electron chi connectivity index (χ1n) is 8.04. The van der Waals surface area contributed by atoms with E-state index in [1.165, 1.54) is 0 Å². The van der Waals surface area contributed by atoms with Gasteiger partial charge in [0.1, 0.15) is 12.3 Å². The van der Waals surface area contributed by atoms with Crippen LogP contribution >= 0.6 is 0 Å². The van der Waals surface area contributed by atoms with Gasteiger partial charge < -0.3 is 10.1 Å². The molecule has 0 heterocycles. The highest BCUT2D eigenvalue weighted by atomic mass is 32.2. The van der Waals surface area contributed by atoms with Crippen LogP contribution in [-0.4, -0.2) is 39.3 Å². The number of rotatable bonds is 8. The average Bonchev–Trinajstić information content (AvgIpc) is 2.42. The van der Waals surface area contributed by atoms with Crippen LogP contribution in [0.3, 0.4) is 0 Å². The topological polar surface area (TPSA) is 75.7 Å². The maximum absolute atomic E-state index is 12.2. The number of hydrogen-bond acceptors (Lipinski definition) is 4. The van der Waals surface area contributed by atoms with Crippen molar-refractivity contribution in [3.63, 3.8) is 0 Å². The first kappa shape index (κ1) is 20.3. The lowest BCUT2D eigenvalue weighted by atomic mass is 10.1. The summed E-state index contributed by atoms with van der Waals surface area (Å²) in [5, 5.41) is 2.82. The van der Waals surface area contributed by atoms with Crippen LogP contribution in [0.15, 0.2) is 24.3 Å². The molecule has 7 heteroatoms. The van der Waals surface area contributed by atoms with Crippen LogP contribution < -0.4 is 14.4 Å². The van der Waals surface area contributed by atoms with Crippen LogP contribution in [-0.2, 0) is 14.8 Å². The number of carbonyl (C=O) groups is 1. The zero-order valence-corrected chi connectivity index (χ0v) is 16.1. The number of hydrogen-bond donors (Lipinski definition) is 1. The van der Waals surface area contributed by atoms with Crippen molar-refractivity contribution in [2.45, 2.75) is 46.8 Å². The quantitative estimate of drug-likeness (QED) is 0.776. The summed E-state index contributed by atoms with van der Waals surface area (Å²) in [4.78, 5) is 12.2. The molecule has 1 atom stereocenters. The van der Waals surface area contributed by atoms with Crippen LogP contribution in [0.2, 0.25) is 0 Å². The third kappa shape index (κ3) is 6.39. The number of sulfonamides is 1. The van der Waals surface area contributed by atoms with Crippen molar-refractivity contribution in [1.29, 1.82) is 0 Å². The molecule has 0 aliphatic rings.